The smallest absolute Gasteiger partial charge is 0.326 e. The van der Waals surface area contributed by atoms with Crippen LogP contribution >= 0.6 is 0 Å². The van der Waals surface area contributed by atoms with Crippen LogP contribution in [0, 0.1) is 6.92 Å². The topological polar surface area (TPSA) is 87.8 Å². The number of aryl methyl sites for hydroxylation is 1. The maximum atomic E-state index is 13.1. The van der Waals surface area contributed by atoms with Gasteiger partial charge < -0.3 is 14.4 Å². The fourth-order valence-electron chi connectivity index (χ4n) is 3.94. The van der Waals surface area contributed by atoms with Crippen molar-refractivity contribution in [3.05, 3.63) is 58.0 Å². The Labute approximate surface area is 150 Å². The number of benzene rings is 1. The second-order valence-electron chi connectivity index (χ2n) is 6.89. The van der Waals surface area contributed by atoms with Gasteiger partial charge in [0.1, 0.15) is 11.8 Å². The summed E-state index contributed by atoms with van der Waals surface area (Å²) in [6.45, 7) is 1.91. The molecular weight excluding hydrogens is 334 g/mol. The van der Waals surface area contributed by atoms with Crippen LogP contribution in [-0.4, -0.2) is 33.7 Å². The van der Waals surface area contributed by atoms with E-state index in [0.29, 0.717) is 36.1 Å². The highest BCUT2D eigenvalue weighted by molar-refractivity contribution is 6.04. The molecule has 4 rings (SSSR count). The first-order chi connectivity index (χ1) is 12.5. The van der Waals surface area contributed by atoms with Crippen molar-refractivity contribution in [1.82, 2.24) is 4.90 Å². The van der Waals surface area contributed by atoms with Gasteiger partial charge in [-0.3, -0.25) is 9.59 Å². The molecule has 0 saturated heterocycles. The highest BCUT2D eigenvalue weighted by atomic mass is 16.4. The Hall–Kier alpha value is -2.89. The Balaban J connectivity index is 1.73. The Kier molecular flexibility index (Phi) is 3.90. The van der Waals surface area contributed by atoms with Gasteiger partial charge in [0.15, 0.2) is 11.5 Å². The SMILES string of the molecule is Cc1c(C(=O)N2Cc3ccccc3CC2C(=O)O)oc2c1C(=O)CCC2. The van der Waals surface area contributed by atoms with E-state index in [2.05, 4.69) is 0 Å². The number of aliphatic carboxylic acids is 1. The molecule has 0 bridgehead atoms. The van der Waals surface area contributed by atoms with Crippen molar-refractivity contribution in [2.45, 2.75) is 45.2 Å². The van der Waals surface area contributed by atoms with E-state index in [1.807, 2.05) is 24.3 Å². The highest BCUT2D eigenvalue weighted by Gasteiger charge is 2.38. The number of fused-ring (bicyclic) bond motifs is 2. The van der Waals surface area contributed by atoms with Crippen LogP contribution in [0.5, 0.6) is 0 Å². The molecule has 0 spiro atoms. The molecule has 1 aromatic heterocycles. The highest BCUT2D eigenvalue weighted by Crippen LogP contribution is 2.32. The van der Waals surface area contributed by atoms with Crippen LogP contribution < -0.4 is 0 Å². The molecular formula is C20H19NO5. The van der Waals surface area contributed by atoms with Crippen LogP contribution in [0.1, 0.15) is 56.2 Å². The number of nitrogens with zero attached hydrogens (tertiary/aromatic N) is 1. The van der Waals surface area contributed by atoms with E-state index in [-0.39, 0.29) is 24.5 Å². The van der Waals surface area contributed by atoms with Crippen molar-refractivity contribution in [3.63, 3.8) is 0 Å². The van der Waals surface area contributed by atoms with Crippen molar-refractivity contribution >= 4 is 17.7 Å². The standard InChI is InChI=1S/C20H19NO5/c1-11-17-15(22)7-4-8-16(17)26-18(11)19(23)21-10-13-6-3-2-5-12(13)9-14(21)20(24)25/h2-3,5-6,14H,4,7-10H2,1H3,(H,24,25). The molecule has 2 aliphatic rings. The molecule has 1 N–H and O–H groups in total. The Morgan fingerprint density at radius 3 is 2.62 bits per heavy atom. The lowest BCUT2D eigenvalue weighted by molar-refractivity contribution is -0.142. The summed E-state index contributed by atoms with van der Waals surface area (Å²) in [5.41, 5.74) is 2.90. The fourth-order valence-corrected chi connectivity index (χ4v) is 3.94. The molecule has 134 valence electrons. The maximum absolute atomic E-state index is 13.1. The number of hydrogen-bond acceptors (Lipinski definition) is 4. The molecule has 2 heterocycles. The van der Waals surface area contributed by atoms with Gasteiger partial charge in [0.25, 0.3) is 5.91 Å². The first-order valence-corrected chi connectivity index (χ1v) is 8.73. The number of Topliss-reactive ketones (excluding diaryl/α,β-unsaturated/α-hetero) is 1. The van der Waals surface area contributed by atoms with E-state index in [0.717, 1.165) is 11.1 Å². The molecule has 1 aromatic carbocycles. The zero-order valence-electron chi connectivity index (χ0n) is 14.4. The second kappa shape index (κ2) is 6.12. The largest absolute Gasteiger partial charge is 0.480 e. The van der Waals surface area contributed by atoms with Gasteiger partial charge in [-0.25, -0.2) is 4.79 Å². The molecule has 26 heavy (non-hydrogen) atoms. The first kappa shape index (κ1) is 16.6. The number of ketones is 1. The van der Waals surface area contributed by atoms with Crippen LogP contribution in [-0.2, 0) is 24.2 Å². The third-order valence-corrected chi connectivity index (χ3v) is 5.29. The molecule has 1 aliphatic carbocycles. The number of rotatable bonds is 2. The number of hydrogen-bond donors (Lipinski definition) is 1. The summed E-state index contributed by atoms with van der Waals surface area (Å²) in [6.07, 6.45) is 2.05. The van der Waals surface area contributed by atoms with Crippen molar-refractivity contribution in [2.75, 3.05) is 0 Å². The third-order valence-electron chi connectivity index (χ3n) is 5.29. The first-order valence-electron chi connectivity index (χ1n) is 8.73. The molecule has 1 unspecified atom stereocenters. The minimum Gasteiger partial charge on any atom is -0.480 e. The average Bonchev–Trinajstić information content (AvgIpc) is 2.98. The van der Waals surface area contributed by atoms with Crippen LogP contribution in [0.15, 0.2) is 28.7 Å². The van der Waals surface area contributed by atoms with E-state index in [9.17, 15) is 19.5 Å². The van der Waals surface area contributed by atoms with Gasteiger partial charge in [0, 0.05) is 31.4 Å². The van der Waals surface area contributed by atoms with E-state index in [1.165, 1.54) is 4.90 Å². The minimum absolute atomic E-state index is 0.00896. The predicted molar refractivity (Wildman–Crippen MR) is 92.2 cm³/mol. The van der Waals surface area contributed by atoms with E-state index in [4.69, 9.17) is 4.42 Å². The number of carbonyl (C=O) groups excluding carboxylic acids is 2. The summed E-state index contributed by atoms with van der Waals surface area (Å²) < 4.78 is 5.73. The van der Waals surface area contributed by atoms with Gasteiger partial charge in [-0.1, -0.05) is 24.3 Å². The van der Waals surface area contributed by atoms with Crippen LogP contribution in [0.4, 0.5) is 0 Å². The molecule has 0 radical (unpaired) electrons. The number of carbonyl (C=O) groups is 3. The van der Waals surface area contributed by atoms with Crippen LogP contribution in [0.2, 0.25) is 0 Å². The Morgan fingerprint density at radius 2 is 1.92 bits per heavy atom. The second-order valence-corrected chi connectivity index (χ2v) is 6.89. The van der Waals surface area contributed by atoms with Crippen molar-refractivity contribution < 1.29 is 23.9 Å². The Bertz CT molecular complexity index is 926. The van der Waals surface area contributed by atoms with Gasteiger partial charge in [-0.15, -0.1) is 0 Å². The van der Waals surface area contributed by atoms with E-state index >= 15 is 0 Å². The van der Waals surface area contributed by atoms with Gasteiger partial charge in [0.2, 0.25) is 0 Å². The monoisotopic (exact) mass is 353 g/mol. The lowest BCUT2D eigenvalue weighted by Gasteiger charge is -2.34. The van der Waals surface area contributed by atoms with Gasteiger partial charge in [-0.2, -0.15) is 0 Å². The van der Waals surface area contributed by atoms with Crippen LogP contribution in [0.3, 0.4) is 0 Å². The summed E-state index contributed by atoms with van der Waals surface area (Å²) in [7, 11) is 0. The summed E-state index contributed by atoms with van der Waals surface area (Å²) in [6, 6.07) is 6.58. The molecule has 6 heteroatoms. The zero-order valence-corrected chi connectivity index (χ0v) is 14.4. The van der Waals surface area contributed by atoms with Crippen LogP contribution in [0.25, 0.3) is 0 Å². The quantitative estimate of drug-likeness (QED) is 0.897. The number of carboxylic acids is 1. The number of amides is 1. The fraction of sp³-hybridized carbons (Fsp3) is 0.350. The lowest BCUT2D eigenvalue weighted by Crippen LogP contribution is -2.48. The zero-order chi connectivity index (χ0) is 18.4. The molecule has 1 atom stereocenters. The molecule has 1 aliphatic heterocycles. The normalized spacial score (nSPS) is 19.0. The molecule has 6 nitrogen and oxygen atoms in total. The lowest BCUT2D eigenvalue weighted by atomic mass is 9.92. The van der Waals surface area contributed by atoms with Crippen molar-refractivity contribution in [2.24, 2.45) is 0 Å². The molecule has 0 fully saturated rings. The number of furan rings is 1. The van der Waals surface area contributed by atoms with Crippen molar-refractivity contribution in [1.29, 1.82) is 0 Å². The summed E-state index contributed by atoms with van der Waals surface area (Å²) >= 11 is 0. The van der Waals surface area contributed by atoms with E-state index < -0.39 is 17.9 Å². The molecule has 2 aromatic rings. The minimum atomic E-state index is -1.04. The summed E-state index contributed by atoms with van der Waals surface area (Å²) in [5.74, 6) is -0.878. The molecule has 1 amide bonds. The Morgan fingerprint density at radius 1 is 1.19 bits per heavy atom. The van der Waals surface area contributed by atoms with Gasteiger partial charge >= 0.3 is 5.97 Å². The summed E-state index contributed by atoms with van der Waals surface area (Å²) in [4.78, 5) is 38.4. The molecule has 0 saturated carbocycles. The third kappa shape index (κ3) is 2.53. The van der Waals surface area contributed by atoms with Gasteiger partial charge in [-0.05, 0) is 24.5 Å². The predicted octanol–water partition coefficient (Wildman–Crippen LogP) is 2.76. The van der Waals surface area contributed by atoms with E-state index in [1.54, 1.807) is 6.92 Å². The average molecular weight is 353 g/mol. The number of carboxylic acid groups (broad SMARTS) is 1. The van der Waals surface area contributed by atoms with Crippen molar-refractivity contribution in [3.8, 4) is 0 Å². The summed E-state index contributed by atoms with van der Waals surface area (Å²) in [5, 5.41) is 9.62. The maximum Gasteiger partial charge on any atom is 0.326 e. The van der Waals surface area contributed by atoms with Gasteiger partial charge in [0.05, 0.1) is 5.56 Å².